The number of nitrogens with zero attached hydrogens (tertiary/aromatic N) is 2. The summed E-state index contributed by atoms with van der Waals surface area (Å²) >= 11 is 1.73. The number of hydrogen-bond acceptors (Lipinski definition) is 14. The largest absolute Gasteiger partial charge is 0.494 e. The van der Waals surface area contributed by atoms with E-state index >= 15 is 4.79 Å². The van der Waals surface area contributed by atoms with Crippen molar-refractivity contribution in [1.82, 2.24) is 9.88 Å². The number of aromatic nitrogens is 1. The lowest BCUT2D eigenvalue weighted by atomic mass is 9.67. The van der Waals surface area contributed by atoms with Crippen LogP contribution in [0.3, 0.4) is 0 Å². The van der Waals surface area contributed by atoms with E-state index in [4.69, 9.17) is 47.6 Å². The minimum Gasteiger partial charge on any atom is -0.494 e. The standard InChI is InChI=1S/C51H74N2O11S/c1-11-22-59-32-18-16-30(17-19-32)50-52-44-43-35(34-23-33(24-38(34)49(44)65-50)63-51-48(58-10)47(57-9)46(56-8)29(5)61-51)25-37-36(43)26-41(54)62-31(12-2)14-13-15-40(27(3)45(37)55)64-42-21-20-39(53(6)7)28(4)60-42/h16-19,25,27-29,31,33-36,38-40,42-43,46-48,51H,11-15,20-24,26H2,1-10H3/t27-,28-,29+,31+,33+,34+,35+,36-,38-,39+,40+,42+,43-,46+,47-,48-,51+/m1/s1. The van der Waals surface area contributed by atoms with E-state index in [1.54, 1.807) is 32.7 Å². The molecule has 4 fully saturated rings. The van der Waals surface area contributed by atoms with Crippen molar-refractivity contribution in [3.05, 3.63) is 46.5 Å². The van der Waals surface area contributed by atoms with E-state index in [2.05, 4.69) is 58.0 Å². The number of allylic oxidation sites excluding steroid dienone is 2. The van der Waals surface area contributed by atoms with E-state index < -0.39 is 30.5 Å². The van der Waals surface area contributed by atoms with Gasteiger partial charge in [0.15, 0.2) is 18.4 Å². The molecule has 14 heteroatoms. The summed E-state index contributed by atoms with van der Waals surface area (Å²) in [5.41, 5.74) is 2.70. The van der Waals surface area contributed by atoms with Crippen LogP contribution in [0.25, 0.3) is 10.6 Å². The molecule has 17 atom stereocenters. The Kier molecular flexibility index (Phi) is 15.9. The summed E-state index contributed by atoms with van der Waals surface area (Å²) in [6.45, 7) is 10.9. The second kappa shape index (κ2) is 21.2. The number of rotatable bonds is 13. The lowest BCUT2D eigenvalue weighted by Gasteiger charge is -2.44. The Balaban J connectivity index is 1.14. The average molecular weight is 923 g/mol. The number of carbonyl (C=O) groups excluding carboxylic acids is 2. The minimum atomic E-state index is -0.667. The first-order valence-electron chi connectivity index (χ1n) is 24.4. The number of benzene rings is 1. The molecule has 2 aromatic rings. The van der Waals surface area contributed by atoms with Crippen molar-refractivity contribution in [2.24, 2.45) is 23.7 Å². The monoisotopic (exact) mass is 923 g/mol. The normalized spacial score (nSPS) is 38.8. The fourth-order valence-corrected chi connectivity index (χ4v) is 13.4. The zero-order valence-corrected chi connectivity index (χ0v) is 41.1. The highest BCUT2D eigenvalue weighted by Gasteiger charge is 2.57. The predicted molar refractivity (Wildman–Crippen MR) is 247 cm³/mol. The van der Waals surface area contributed by atoms with Gasteiger partial charge in [-0.2, -0.15) is 0 Å². The lowest BCUT2D eigenvalue weighted by Crippen LogP contribution is -2.59. The summed E-state index contributed by atoms with van der Waals surface area (Å²) in [5.74, 6) is -0.215. The zero-order chi connectivity index (χ0) is 46.1. The molecule has 6 aliphatic rings. The van der Waals surface area contributed by atoms with Crippen molar-refractivity contribution < 1.29 is 52.2 Å². The van der Waals surface area contributed by atoms with Crippen LogP contribution < -0.4 is 4.74 Å². The van der Waals surface area contributed by atoms with Gasteiger partial charge in [0, 0.05) is 61.5 Å². The molecule has 1 saturated carbocycles. The molecule has 360 valence electrons. The Labute approximate surface area is 390 Å². The number of fused-ring (bicyclic) bond motifs is 8. The van der Waals surface area contributed by atoms with Crippen LogP contribution in [0.15, 0.2) is 35.9 Å². The van der Waals surface area contributed by atoms with Crippen molar-refractivity contribution in [3.8, 4) is 16.3 Å². The van der Waals surface area contributed by atoms with Crippen molar-refractivity contribution >= 4 is 23.1 Å². The van der Waals surface area contributed by atoms with Gasteiger partial charge in [-0.15, -0.1) is 11.3 Å². The maximum atomic E-state index is 15.3. The van der Waals surface area contributed by atoms with E-state index in [1.165, 1.54) is 4.88 Å². The molecule has 3 saturated heterocycles. The fourth-order valence-electron chi connectivity index (χ4n) is 12.1. The van der Waals surface area contributed by atoms with Gasteiger partial charge in [0.05, 0.1) is 43.1 Å². The molecule has 3 aliphatic carbocycles. The van der Waals surface area contributed by atoms with Crippen LogP contribution in [0.1, 0.15) is 121 Å². The van der Waals surface area contributed by atoms with E-state index in [0.29, 0.717) is 31.1 Å². The lowest BCUT2D eigenvalue weighted by molar-refractivity contribution is -0.314. The van der Waals surface area contributed by atoms with Crippen molar-refractivity contribution in [3.63, 3.8) is 0 Å². The molecule has 8 rings (SSSR count). The second-order valence-electron chi connectivity index (χ2n) is 19.6. The molecule has 65 heavy (non-hydrogen) atoms. The molecule has 0 amide bonds. The average Bonchev–Trinajstić information content (AvgIpc) is 4.02. The molecule has 0 spiro atoms. The van der Waals surface area contributed by atoms with Crippen molar-refractivity contribution in [2.45, 2.75) is 178 Å². The van der Waals surface area contributed by atoms with Gasteiger partial charge >= 0.3 is 5.97 Å². The van der Waals surface area contributed by atoms with Gasteiger partial charge in [-0.05, 0) is 127 Å². The van der Waals surface area contributed by atoms with Gasteiger partial charge in [0.1, 0.15) is 35.2 Å². The van der Waals surface area contributed by atoms with Gasteiger partial charge < -0.3 is 47.5 Å². The van der Waals surface area contributed by atoms with Crippen LogP contribution in [0.5, 0.6) is 5.75 Å². The molecular formula is C51H74N2O11S. The highest BCUT2D eigenvalue weighted by Crippen LogP contribution is 2.63. The van der Waals surface area contributed by atoms with Gasteiger partial charge in [-0.25, -0.2) is 4.98 Å². The molecule has 0 radical (unpaired) electrons. The SMILES string of the molecule is CCCOc1ccc(-c2nc3c(s2)[C@@H]2C[C@@H](O[C@@H]4O[C@@H](C)[C@H](OC)[C@@H](OC)[C@H]4OC)C[C@H]2[C@@H]2C=C4C(=O)[C@H](C)[C@@H](O[C@H]5CC[C@H](N(C)C)[C@@H](C)O5)CCC[C@H](CC)OC(=O)C[C@H]4[C@H]32)cc1. The molecule has 4 heterocycles. The fraction of sp³-hybridized carbons (Fsp3) is 0.745. The number of esters is 1. The summed E-state index contributed by atoms with van der Waals surface area (Å²) in [5, 5.41) is 0.917. The first kappa shape index (κ1) is 48.7. The van der Waals surface area contributed by atoms with E-state index in [-0.39, 0.29) is 84.6 Å². The van der Waals surface area contributed by atoms with Gasteiger partial charge in [0.2, 0.25) is 0 Å². The Hall–Kier alpha value is -2.79. The number of likely N-dealkylation sites (N-methyl/N-ethyl adjacent to an activating group) is 1. The first-order valence-corrected chi connectivity index (χ1v) is 25.2. The van der Waals surface area contributed by atoms with Crippen LogP contribution in [0, 0.1) is 23.7 Å². The maximum Gasteiger partial charge on any atom is 0.306 e. The number of thiazole rings is 1. The van der Waals surface area contributed by atoms with Crippen LogP contribution in [0.4, 0.5) is 0 Å². The zero-order valence-electron chi connectivity index (χ0n) is 40.3. The molecule has 1 aromatic carbocycles. The molecule has 13 nitrogen and oxygen atoms in total. The molecule has 0 unspecified atom stereocenters. The third-order valence-electron chi connectivity index (χ3n) is 15.5. The Bertz CT molecular complexity index is 1960. The number of methoxy groups -OCH3 is 3. The van der Waals surface area contributed by atoms with Gasteiger partial charge in [0.25, 0.3) is 0 Å². The summed E-state index contributed by atoms with van der Waals surface area (Å²) in [6, 6.07) is 8.49. The Morgan fingerprint density at radius 2 is 1.60 bits per heavy atom. The van der Waals surface area contributed by atoms with E-state index in [1.807, 2.05) is 26.0 Å². The number of ether oxygens (including phenoxy) is 9. The molecular weight excluding hydrogens is 849 g/mol. The summed E-state index contributed by atoms with van der Waals surface area (Å²) in [7, 11) is 9.17. The maximum absolute atomic E-state index is 15.3. The third-order valence-corrected chi connectivity index (χ3v) is 16.7. The highest BCUT2D eigenvalue weighted by atomic mass is 32.1. The molecule has 0 bridgehead atoms. The van der Waals surface area contributed by atoms with Crippen LogP contribution in [-0.4, -0.2) is 131 Å². The molecule has 0 N–H and O–H groups in total. The summed E-state index contributed by atoms with van der Waals surface area (Å²) < 4.78 is 56.7. The van der Waals surface area contributed by atoms with Crippen LogP contribution in [0.2, 0.25) is 0 Å². The molecule has 1 aromatic heterocycles. The number of hydrogen-bond donors (Lipinski definition) is 0. The summed E-state index contributed by atoms with van der Waals surface area (Å²) in [6.07, 6.45) is 6.11. The van der Waals surface area contributed by atoms with Crippen molar-refractivity contribution in [2.75, 3.05) is 42.0 Å². The number of cyclic esters (lactones) is 1. The number of carbonyl (C=O) groups is 2. The quantitative estimate of drug-likeness (QED) is 0.178. The number of ketones is 1. The van der Waals surface area contributed by atoms with E-state index in [0.717, 1.165) is 67.0 Å². The van der Waals surface area contributed by atoms with Crippen molar-refractivity contribution in [1.29, 1.82) is 0 Å². The Morgan fingerprint density at radius 3 is 2.28 bits per heavy atom. The topological polar surface area (TPSA) is 133 Å². The van der Waals surface area contributed by atoms with Crippen LogP contribution in [-0.2, 0) is 47.5 Å². The predicted octanol–water partition coefficient (Wildman–Crippen LogP) is 8.48. The number of Topliss-reactive ketones (excluding diaryl/α,β-unsaturated/α-hetero) is 1. The Morgan fingerprint density at radius 1 is 0.846 bits per heavy atom. The summed E-state index contributed by atoms with van der Waals surface area (Å²) in [4.78, 5) is 38.3. The van der Waals surface area contributed by atoms with Crippen LogP contribution >= 0.6 is 11.3 Å². The second-order valence-corrected chi connectivity index (χ2v) is 20.7. The highest BCUT2D eigenvalue weighted by molar-refractivity contribution is 7.15. The first-order chi connectivity index (χ1) is 31.4. The minimum absolute atomic E-state index is 0.00348. The molecule has 3 aliphatic heterocycles. The van der Waals surface area contributed by atoms with Gasteiger partial charge in [-0.3, -0.25) is 9.59 Å². The smallest absolute Gasteiger partial charge is 0.306 e. The van der Waals surface area contributed by atoms with Gasteiger partial charge in [-0.1, -0.05) is 26.8 Å². The van der Waals surface area contributed by atoms with E-state index in [9.17, 15) is 4.79 Å². The third kappa shape index (κ3) is 10.0.